The molecular formula is C25H50N2O4. The molecule has 1 saturated heterocycles. The summed E-state index contributed by atoms with van der Waals surface area (Å²) in [5.41, 5.74) is 0. The predicted octanol–water partition coefficient (Wildman–Crippen LogP) is 4.86. The van der Waals surface area contributed by atoms with Crippen molar-refractivity contribution in [2.24, 2.45) is 5.92 Å². The van der Waals surface area contributed by atoms with Crippen molar-refractivity contribution in [3.05, 3.63) is 0 Å². The number of nitrogens with zero attached hydrogens (tertiary/aromatic N) is 1. The number of urea groups is 1. The molecule has 0 bridgehead atoms. The molecule has 3 unspecified atom stereocenters. The maximum absolute atomic E-state index is 12.9. The van der Waals surface area contributed by atoms with Gasteiger partial charge in [0.25, 0.3) is 0 Å². The van der Waals surface area contributed by atoms with Gasteiger partial charge in [0.1, 0.15) is 12.2 Å². The maximum atomic E-state index is 12.9. The summed E-state index contributed by atoms with van der Waals surface area (Å²) in [6.45, 7) is 9.99. The zero-order valence-corrected chi connectivity index (χ0v) is 20.7. The minimum absolute atomic E-state index is 0.0846. The summed E-state index contributed by atoms with van der Waals surface area (Å²) >= 11 is 0. The Balaban J connectivity index is 2.46. The molecule has 31 heavy (non-hydrogen) atoms. The second-order valence-corrected chi connectivity index (χ2v) is 9.43. The first-order valence-corrected chi connectivity index (χ1v) is 13.0. The van der Waals surface area contributed by atoms with Crippen LogP contribution in [-0.4, -0.2) is 65.2 Å². The van der Waals surface area contributed by atoms with Gasteiger partial charge in [0.2, 0.25) is 0 Å². The van der Waals surface area contributed by atoms with Gasteiger partial charge in [-0.3, -0.25) is 0 Å². The van der Waals surface area contributed by atoms with E-state index >= 15 is 0 Å². The smallest absolute Gasteiger partial charge is 0.317 e. The molecule has 0 aliphatic carbocycles. The van der Waals surface area contributed by atoms with E-state index in [1.165, 1.54) is 51.4 Å². The topological polar surface area (TPSA) is 82.0 Å². The summed E-state index contributed by atoms with van der Waals surface area (Å²) in [6, 6.07) is -0.0846. The van der Waals surface area contributed by atoms with E-state index in [1.54, 1.807) is 0 Å². The van der Waals surface area contributed by atoms with Crippen LogP contribution in [-0.2, 0) is 4.74 Å². The van der Waals surface area contributed by atoms with Crippen molar-refractivity contribution < 1.29 is 19.7 Å². The molecule has 0 radical (unpaired) electrons. The molecule has 2 amide bonds. The Kier molecular flexibility index (Phi) is 15.2. The molecule has 0 aromatic rings. The first-order chi connectivity index (χ1) is 14.9. The Morgan fingerprint density at radius 3 is 1.81 bits per heavy atom. The first-order valence-electron chi connectivity index (χ1n) is 13.0. The van der Waals surface area contributed by atoms with Crippen molar-refractivity contribution in [1.82, 2.24) is 10.2 Å². The fourth-order valence-corrected chi connectivity index (χ4v) is 4.24. The highest BCUT2D eigenvalue weighted by Gasteiger charge is 2.40. The number of aliphatic hydroxyl groups is 2. The van der Waals surface area contributed by atoms with E-state index in [0.717, 1.165) is 38.8 Å². The van der Waals surface area contributed by atoms with Gasteiger partial charge in [0.05, 0.1) is 12.2 Å². The minimum Gasteiger partial charge on any atom is -0.390 e. The van der Waals surface area contributed by atoms with Crippen LogP contribution >= 0.6 is 0 Å². The molecule has 5 atom stereocenters. The largest absolute Gasteiger partial charge is 0.390 e. The SMILES string of the molecule is CCCCCCCCN(CCCCCCCC)C(=O)NCC1O[C@H](C)C(C)C(O)[C@@H]1O. The summed E-state index contributed by atoms with van der Waals surface area (Å²) in [4.78, 5) is 14.8. The zero-order chi connectivity index (χ0) is 23.1. The van der Waals surface area contributed by atoms with Gasteiger partial charge in [-0.1, -0.05) is 85.0 Å². The van der Waals surface area contributed by atoms with Crippen LogP contribution in [0.1, 0.15) is 105 Å². The number of ether oxygens (including phenoxy) is 1. The molecule has 3 N–H and O–H groups in total. The van der Waals surface area contributed by atoms with E-state index in [1.807, 2.05) is 18.7 Å². The van der Waals surface area contributed by atoms with Crippen LogP contribution in [0.3, 0.4) is 0 Å². The van der Waals surface area contributed by atoms with E-state index in [-0.39, 0.29) is 24.6 Å². The van der Waals surface area contributed by atoms with Crippen LogP contribution in [0, 0.1) is 5.92 Å². The fraction of sp³-hybridized carbons (Fsp3) is 0.960. The minimum atomic E-state index is -0.975. The average molecular weight is 443 g/mol. The third kappa shape index (κ3) is 11.0. The number of unbranched alkanes of at least 4 members (excludes halogenated alkanes) is 10. The first kappa shape index (κ1) is 28.2. The lowest BCUT2D eigenvalue weighted by atomic mass is 9.89. The highest BCUT2D eigenvalue weighted by atomic mass is 16.5. The number of amides is 2. The van der Waals surface area contributed by atoms with Gasteiger partial charge < -0.3 is 25.2 Å². The second kappa shape index (κ2) is 16.7. The van der Waals surface area contributed by atoms with Crippen molar-refractivity contribution in [3.63, 3.8) is 0 Å². The number of aliphatic hydroxyl groups excluding tert-OH is 2. The molecule has 6 nitrogen and oxygen atoms in total. The Bertz CT molecular complexity index is 447. The molecule has 6 heteroatoms. The summed E-state index contributed by atoms with van der Waals surface area (Å²) in [5.74, 6) is -0.126. The normalized spacial score (nSPS) is 26.1. The number of hydrogen-bond donors (Lipinski definition) is 3. The van der Waals surface area contributed by atoms with E-state index in [2.05, 4.69) is 19.2 Å². The maximum Gasteiger partial charge on any atom is 0.317 e. The lowest BCUT2D eigenvalue weighted by molar-refractivity contribution is -0.188. The van der Waals surface area contributed by atoms with Crippen LogP contribution in [0.25, 0.3) is 0 Å². The lowest BCUT2D eigenvalue weighted by Gasteiger charge is -2.40. The Labute approximate surface area is 191 Å². The van der Waals surface area contributed by atoms with Gasteiger partial charge in [-0.15, -0.1) is 0 Å². The molecule has 184 valence electrons. The lowest BCUT2D eigenvalue weighted by Crippen LogP contribution is -2.56. The van der Waals surface area contributed by atoms with Gasteiger partial charge in [-0.05, 0) is 19.8 Å². The summed E-state index contributed by atoms with van der Waals surface area (Å²) < 4.78 is 5.84. The van der Waals surface area contributed by atoms with Crippen molar-refractivity contribution in [2.75, 3.05) is 19.6 Å². The van der Waals surface area contributed by atoms with Crippen molar-refractivity contribution >= 4 is 6.03 Å². The molecule has 0 aromatic heterocycles. The van der Waals surface area contributed by atoms with Gasteiger partial charge >= 0.3 is 6.03 Å². The van der Waals surface area contributed by atoms with Crippen LogP contribution in [0.15, 0.2) is 0 Å². The molecule has 0 aromatic carbocycles. The van der Waals surface area contributed by atoms with E-state index in [0.29, 0.717) is 0 Å². The zero-order valence-electron chi connectivity index (χ0n) is 20.7. The fourth-order valence-electron chi connectivity index (χ4n) is 4.24. The standard InChI is InChI=1S/C25H50N2O4/c1-5-7-9-11-13-15-17-27(18-16-14-12-10-8-6-2)25(30)26-19-22-24(29)23(28)20(3)21(4)31-22/h20-24,28-29H,5-19H2,1-4H3,(H,26,30)/t20?,21-,22?,23?,24-/m1/s1. The third-order valence-corrected chi connectivity index (χ3v) is 6.70. The van der Waals surface area contributed by atoms with Crippen LogP contribution < -0.4 is 5.32 Å². The molecule has 0 spiro atoms. The monoisotopic (exact) mass is 442 g/mol. The number of hydrogen-bond acceptors (Lipinski definition) is 4. The summed E-state index contributed by atoms with van der Waals surface area (Å²) in [5, 5.41) is 23.5. The van der Waals surface area contributed by atoms with E-state index in [4.69, 9.17) is 4.74 Å². The van der Waals surface area contributed by atoms with E-state index < -0.39 is 18.3 Å². The van der Waals surface area contributed by atoms with Crippen LogP contribution in [0.5, 0.6) is 0 Å². The van der Waals surface area contributed by atoms with Crippen LogP contribution in [0.4, 0.5) is 4.79 Å². The van der Waals surface area contributed by atoms with Crippen LogP contribution in [0.2, 0.25) is 0 Å². The molecule has 1 rings (SSSR count). The Morgan fingerprint density at radius 1 is 0.806 bits per heavy atom. The summed E-state index contributed by atoms with van der Waals surface area (Å²) in [6.07, 6.45) is 11.9. The highest BCUT2D eigenvalue weighted by molar-refractivity contribution is 5.74. The quantitative estimate of drug-likeness (QED) is 0.298. The van der Waals surface area contributed by atoms with Crippen molar-refractivity contribution in [1.29, 1.82) is 0 Å². The number of carbonyl (C=O) groups excluding carboxylic acids is 1. The summed E-state index contributed by atoms with van der Waals surface area (Å²) in [7, 11) is 0. The molecule has 0 saturated carbocycles. The Hall–Kier alpha value is -0.850. The average Bonchev–Trinajstić information content (AvgIpc) is 2.76. The van der Waals surface area contributed by atoms with Crippen molar-refractivity contribution in [2.45, 2.75) is 129 Å². The molecule has 1 fully saturated rings. The number of nitrogens with one attached hydrogen (secondary N) is 1. The predicted molar refractivity (Wildman–Crippen MR) is 127 cm³/mol. The molecule has 1 aliphatic heterocycles. The van der Waals surface area contributed by atoms with E-state index in [9.17, 15) is 15.0 Å². The molecule has 1 heterocycles. The van der Waals surface area contributed by atoms with Crippen molar-refractivity contribution in [3.8, 4) is 0 Å². The van der Waals surface area contributed by atoms with Gasteiger partial charge in [-0.2, -0.15) is 0 Å². The molecular weight excluding hydrogens is 392 g/mol. The molecule has 1 aliphatic rings. The van der Waals surface area contributed by atoms with Gasteiger partial charge in [-0.25, -0.2) is 4.79 Å². The third-order valence-electron chi connectivity index (χ3n) is 6.70. The number of carbonyl (C=O) groups is 1. The van der Waals surface area contributed by atoms with Gasteiger partial charge in [0.15, 0.2) is 0 Å². The van der Waals surface area contributed by atoms with Gasteiger partial charge in [0, 0.05) is 25.6 Å². The highest BCUT2D eigenvalue weighted by Crippen LogP contribution is 2.25. The second-order valence-electron chi connectivity index (χ2n) is 9.43. The number of rotatable bonds is 16. The Morgan fingerprint density at radius 2 is 1.29 bits per heavy atom.